The molecule has 5 nitrogen and oxygen atoms in total. The minimum absolute atomic E-state index is 0.372. The molecule has 132 valence electrons. The number of rotatable bonds is 7. The summed E-state index contributed by atoms with van der Waals surface area (Å²) in [6.45, 7) is 4.50. The Morgan fingerprint density at radius 2 is 2.00 bits per heavy atom. The van der Waals surface area contributed by atoms with Crippen LogP contribution in [0.5, 0.6) is 0 Å². The minimum Gasteiger partial charge on any atom is -0.368 e. The van der Waals surface area contributed by atoms with Gasteiger partial charge in [0.1, 0.15) is 11.1 Å². The van der Waals surface area contributed by atoms with Crippen molar-refractivity contribution >= 4 is 17.7 Å². The van der Waals surface area contributed by atoms with E-state index in [2.05, 4.69) is 21.3 Å². The Morgan fingerprint density at radius 3 is 2.64 bits per heavy atom. The van der Waals surface area contributed by atoms with E-state index < -0.39 is 5.25 Å². The van der Waals surface area contributed by atoms with Crippen LogP contribution in [0.25, 0.3) is 0 Å². The molecule has 1 fully saturated rings. The van der Waals surface area contributed by atoms with Gasteiger partial charge in [-0.05, 0) is 18.4 Å². The lowest BCUT2D eigenvalue weighted by atomic mass is 9.89. The number of hydrogen-bond donors (Lipinski definition) is 1. The lowest BCUT2D eigenvalue weighted by molar-refractivity contribution is -0.117. The number of carbonyl (C=O) groups is 1. The fourth-order valence-electron chi connectivity index (χ4n) is 3.37. The van der Waals surface area contributed by atoms with E-state index in [4.69, 9.17) is 5.73 Å². The Balaban J connectivity index is 1.89. The zero-order chi connectivity index (χ0) is 17.6. The highest BCUT2D eigenvalue weighted by atomic mass is 32.2. The molecular formula is C19H24N4OS. The van der Waals surface area contributed by atoms with Crippen molar-refractivity contribution in [1.82, 2.24) is 14.8 Å². The van der Waals surface area contributed by atoms with Gasteiger partial charge >= 0.3 is 0 Å². The maximum Gasteiger partial charge on any atom is 0.235 e. The highest BCUT2D eigenvalue weighted by molar-refractivity contribution is 8.00. The summed E-state index contributed by atoms with van der Waals surface area (Å²) in [5.41, 5.74) is 6.53. The number of allylic oxidation sites excluding steroid dienone is 1. The molecule has 1 atom stereocenters. The largest absolute Gasteiger partial charge is 0.368 e. The van der Waals surface area contributed by atoms with Crippen LogP contribution in [-0.2, 0) is 11.3 Å². The van der Waals surface area contributed by atoms with Crippen LogP contribution in [-0.4, -0.2) is 20.7 Å². The molecule has 0 aliphatic heterocycles. The molecular weight excluding hydrogens is 332 g/mol. The smallest absolute Gasteiger partial charge is 0.235 e. The predicted molar refractivity (Wildman–Crippen MR) is 100 cm³/mol. The summed E-state index contributed by atoms with van der Waals surface area (Å²) in [5, 5.41) is 9.09. The van der Waals surface area contributed by atoms with E-state index in [1.807, 2.05) is 36.4 Å². The standard InChI is InChI=1S/C19H24N4OS/c1-2-13-23-18(15-11-7-4-8-12-15)21-22-19(23)25-16(17(20)24)14-9-5-3-6-10-14/h2-3,5-6,9-10,15-16H,1,4,7-8,11-13H2,(H2,20,24)/t16-/m1/s1. The van der Waals surface area contributed by atoms with Crippen molar-refractivity contribution in [2.24, 2.45) is 5.73 Å². The van der Waals surface area contributed by atoms with E-state index in [0.717, 1.165) is 29.4 Å². The topological polar surface area (TPSA) is 73.8 Å². The van der Waals surface area contributed by atoms with Crippen molar-refractivity contribution in [3.05, 3.63) is 54.4 Å². The molecule has 6 heteroatoms. The number of hydrogen-bond acceptors (Lipinski definition) is 4. The molecule has 0 radical (unpaired) electrons. The van der Waals surface area contributed by atoms with E-state index in [0.29, 0.717) is 12.5 Å². The summed E-state index contributed by atoms with van der Waals surface area (Å²) in [6.07, 6.45) is 7.92. The van der Waals surface area contributed by atoms with Gasteiger partial charge < -0.3 is 10.3 Å². The van der Waals surface area contributed by atoms with Crippen molar-refractivity contribution in [3.8, 4) is 0 Å². The molecule has 0 spiro atoms. The minimum atomic E-state index is -0.479. The van der Waals surface area contributed by atoms with Crippen LogP contribution >= 0.6 is 11.8 Å². The third-order valence-corrected chi connectivity index (χ3v) is 5.86. The first kappa shape index (κ1) is 17.7. The van der Waals surface area contributed by atoms with Gasteiger partial charge in [-0.25, -0.2) is 0 Å². The average molecular weight is 356 g/mol. The Morgan fingerprint density at radius 1 is 1.28 bits per heavy atom. The van der Waals surface area contributed by atoms with Gasteiger partial charge in [-0.2, -0.15) is 0 Å². The van der Waals surface area contributed by atoms with E-state index in [1.165, 1.54) is 31.0 Å². The summed E-state index contributed by atoms with van der Waals surface area (Å²) >= 11 is 1.37. The second-order valence-corrected chi connectivity index (χ2v) is 7.46. The molecule has 0 bridgehead atoms. The van der Waals surface area contributed by atoms with Gasteiger partial charge in [0.15, 0.2) is 5.16 Å². The van der Waals surface area contributed by atoms with E-state index in [-0.39, 0.29) is 5.91 Å². The normalized spacial score (nSPS) is 16.5. The summed E-state index contributed by atoms with van der Waals surface area (Å²) in [4.78, 5) is 12.0. The number of carbonyl (C=O) groups excluding carboxylic acids is 1. The highest BCUT2D eigenvalue weighted by Crippen LogP contribution is 2.37. The molecule has 1 amide bonds. The van der Waals surface area contributed by atoms with Crippen LogP contribution in [0, 0.1) is 0 Å². The Hall–Kier alpha value is -2.08. The van der Waals surface area contributed by atoms with Gasteiger partial charge in [0.25, 0.3) is 0 Å². The molecule has 0 saturated heterocycles. The van der Waals surface area contributed by atoms with Gasteiger partial charge in [0, 0.05) is 12.5 Å². The summed E-state index contributed by atoms with van der Waals surface area (Å²) < 4.78 is 2.09. The van der Waals surface area contributed by atoms with Gasteiger partial charge in [-0.3, -0.25) is 4.79 Å². The van der Waals surface area contributed by atoms with E-state index in [9.17, 15) is 4.79 Å². The van der Waals surface area contributed by atoms with Crippen molar-refractivity contribution in [1.29, 1.82) is 0 Å². The number of amides is 1. The lowest BCUT2D eigenvalue weighted by Gasteiger charge is -2.22. The average Bonchev–Trinajstić information content (AvgIpc) is 3.04. The van der Waals surface area contributed by atoms with Gasteiger partial charge in [0.05, 0.1) is 0 Å². The third kappa shape index (κ3) is 4.12. The summed E-state index contributed by atoms with van der Waals surface area (Å²) in [7, 11) is 0. The highest BCUT2D eigenvalue weighted by Gasteiger charge is 2.26. The van der Waals surface area contributed by atoms with Gasteiger partial charge in [-0.1, -0.05) is 67.4 Å². The number of benzene rings is 1. The van der Waals surface area contributed by atoms with Crippen LogP contribution < -0.4 is 5.73 Å². The first-order valence-electron chi connectivity index (χ1n) is 8.75. The maximum atomic E-state index is 12.0. The second kappa shape index (κ2) is 8.34. The zero-order valence-electron chi connectivity index (χ0n) is 14.3. The van der Waals surface area contributed by atoms with Crippen molar-refractivity contribution in [3.63, 3.8) is 0 Å². The molecule has 2 aromatic rings. The molecule has 1 aromatic heterocycles. The van der Waals surface area contributed by atoms with Crippen molar-refractivity contribution in [2.75, 3.05) is 0 Å². The molecule has 1 aliphatic rings. The van der Waals surface area contributed by atoms with Gasteiger partial charge in [-0.15, -0.1) is 16.8 Å². The molecule has 1 heterocycles. The molecule has 1 aliphatic carbocycles. The van der Waals surface area contributed by atoms with Crippen LogP contribution in [0.3, 0.4) is 0 Å². The number of primary amides is 1. The SMILES string of the molecule is C=CCn1c(S[C@@H](C(N)=O)c2ccccc2)nnc1C1CCCCC1. The van der Waals surface area contributed by atoms with Crippen LogP contribution in [0.15, 0.2) is 48.1 Å². The summed E-state index contributed by atoms with van der Waals surface area (Å²) in [5.74, 6) is 1.08. The molecule has 25 heavy (non-hydrogen) atoms. The van der Waals surface area contributed by atoms with Crippen LogP contribution in [0.4, 0.5) is 0 Å². The number of nitrogens with zero attached hydrogens (tertiary/aromatic N) is 3. The van der Waals surface area contributed by atoms with Crippen LogP contribution in [0.2, 0.25) is 0 Å². The second-order valence-electron chi connectivity index (χ2n) is 6.39. The number of thioether (sulfide) groups is 1. The Kier molecular flexibility index (Phi) is 5.91. The molecule has 0 unspecified atom stereocenters. The quantitative estimate of drug-likeness (QED) is 0.604. The first-order chi connectivity index (χ1) is 12.2. The number of aromatic nitrogens is 3. The fraction of sp³-hybridized carbons (Fsp3) is 0.421. The monoisotopic (exact) mass is 356 g/mol. The van der Waals surface area contributed by atoms with Crippen molar-refractivity contribution in [2.45, 2.75) is 55.0 Å². The summed E-state index contributed by atoms with van der Waals surface area (Å²) in [6, 6.07) is 9.58. The number of nitrogens with two attached hydrogens (primary N) is 1. The fourth-order valence-corrected chi connectivity index (χ4v) is 4.38. The molecule has 2 N–H and O–H groups in total. The molecule has 1 saturated carbocycles. The van der Waals surface area contributed by atoms with Crippen molar-refractivity contribution < 1.29 is 4.79 Å². The Bertz CT molecular complexity index is 722. The molecule has 1 aromatic carbocycles. The van der Waals surface area contributed by atoms with E-state index in [1.54, 1.807) is 0 Å². The predicted octanol–water partition coefficient (Wildman–Crippen LogP) is 3.83. The molecule has 3 rings (SSSR count). The maximum absolute atomic E-state index is 12.0. The first-order valence-corrected chi connectivity index (χ1v) is 9.63. The third-order valence-electron chi connectivity index (χ3n) is 4.61. The van der Waals surface area contributed by atoms with Gasteiger partial charge in [0.2, 0.25) is 5.91 Å². The van der Waals surface area contributed by atoms with Crippen LogP contribution in [0.1, 0.15) is 54.7 Å². The van der Waals surface area contributed by atoms with E-state index >= 15 is 0 Å². The Labute approximate surface area is 152 Å². The zero-order valence-corrected chi connectivity index (χ0v) is 15.1. The lowest BCUT2D eigenvalue weighted by Crippen LogP contribution is -2.19.